The van der Waals surface area contributed by atoms with Crippen molar-refractivity contribution >= 4 is 23.3 Å². The van der Waals surface area contributed by atoms with Crippen LogP contribution in [0.5, 0.6) is 0 Å². The highest BCUT2D eigenvalue weighted by Gasteiger charge is 2.39. The lowest BCUT2D eigenvalue weighted by molar-refractivity contribution is -0.385. The lowest BCUT2D eigenvalue weighted by Crippen LogP contribution is -2.41. The van der Waals surface area contributed by atoms with Gasteiger partial charge < -0.3 is 31.2 Å². The number of unbranched alkanes of at least 4 members (excludes halogenated alkanes) is 2. The Labute approximate surface area is 215 Å². The van der Waals surface area contributed by atoms with E-state index in [0.29, 0.717) is 56.7 Å². The fourth-order valence-electron chi connectivity index (χ4n) is 5.24. The molecule has 2 fully saturated rings. The summed E-state index contributed by atoms with van der Waals surface area (Å²) in [6.07, 6.45) is 4.53. The molecular weight excluding hydrogens is 484 g/mol. The molecule has 0 bridgehead atoms. The van der Waals surface area contributed by atoms with E-state index >= 15 is 0 Å². The van der Waals surface area contributed by atoms with E-state index in [1.165, 1.54) is 12.1 Å². The maximum absolute atomic E-state index is 12.3. The van der Waals surface area contributed by atoms with Crippen molar-refractivity contribution in [3.05, 3.63) is 33.9 Å². The molecule has 6 N–H and O–H groups in total. The van der Waals surface area contributed by atoms with Gasteiger partial charge in [-0.25, -0.2) is 0 Å². The number of rotatable bonds is 13. The first-order valence-corrected chi connectivity index (χ1v) is 12.9. The minimum absolute atomic E-state index is 0.122. The van der Waals surface area contributed by atoms with Crippen molar-refractivity contribution in [2.24, 2.45) is 17.1 Å². The van der Waals surface area contributed by atoms with Crippen molar-refractivity contribution in [3.63, 3.8) is 0 Å². The molecule has 1 heterocycles. The van der Waals surface area contributed by atoms with Crippen LogP contribution in [0.2, 0.25) is 0 Å². The van der Waals surface area contributed by atoms with Gasteiger partial charge in [-0.2, -0.15) is 0 Å². The minimum Gasteiger partial charge on any atom is -0.391 e. The highest BCUT2D eigenvalue weighted by Crippen LogP contribution is 2.43. The van der Waals surface area contributed by atoms with Gasteiger partial charge in [-0.15, -0.1) is 0 Å². The zero-order valence-corrected chi connectivity index (χ0v) is 21.0. The van der Waals surface area contributed by atoms with Gasteiger partial charge in [0.25, 0.3) is 5.69 Å². The molecule has 1 aliphatic heterocycles. The Bertz CT molecular complexity index is 941. The third kappa shape index (κ3) is 7.60. The Kier molecular flexibility index (Phi) is 10.2. The number of carbonyl (C=O) groups is 2. The standard InChI is InChI=1S/C25H38N4O8/c26-24(34)25(11-3-1-2-4-23(33)37-28-21(31)7-8-22(28)32)12-9-17(10-13-25)15-27-19-6-5-18(16-30)20(14-19)29(35)36/h5-6,14,17,21-22,27,30-32H,1-4,7-13,15-16H2,(H2,26,34). The summed E-state index contributed by atoms with van der Waals surface area (Å²) in [6, 6.07) is 4.67. The molecular formula is C25H38N4O8. The summed E-state index contributed by atoms with van der Waals surface area (Å²) in [5, 5.41) is 44.1. The first-order valence-electron chi connectivity index (χ1n) is 12.9. The number of amides is 1. The van der Waals surface area contributed by atoms with Crippen LogP contribution in [0.3, 0.4) is 0 Å². The molecule has 1 aromatic carbocycles. The number of carbonyl (C=O) groups excluding carboxylic acids is 2. The number of nitrogens with zero attached hydrogens (tertiary/aromatic N) is 2. The topological polar surface area (TPSA) is 188 Å². The van der Waals surface area contributed by atoms with Gasteiger partial charge in [0.1, 0.15) is 12.5 Å². The first-order chi connectivity index (χ1) is 17.6. The molecule has 3 rings (SSSR count). The number of hydrogen-bond acceptors (Lipinski definition) is 10. The third-order valence-corrected chi connectivity index (χ3v) is 7.65. The van der Waals surface area contributed by atoms with Crippen molar-refractivity contribution in [2.75, 3.05) is 11.9 Å². The number of hydroxylamine groups is 2. The van der Waals surface area contributed by atoms with Crippen molar-refractivity contribution < 1.29 is 34.7 Å². The maximum atomic E-state index is 12.3. The van der Waals surface area contributed by atoms with Gasteiger partial charge in [0.05, 0.1) is 17.1 Å². The van der Waals surface area contributed by atoms with Gasteiger partial charge in [0.15, 0.2) is 0 Å². The van der Waals surface area contributed by atoms with Gasteiger partial charge in [-0.1, -0.05) is 17.9 Å². The van der Waals surface area contributed by atoms with Gasteiger partial charge in [0.2, 0.25) is 5.91 Å². The highest BCUT2D eigenvalue weighted by molar-refractivity contribution is 5.80. The van der Waals surface area contributed by atoms with Crippen LogP contribution in [0.4, 0.5) is 11.4 Å². The average Bonchev–Trinajstić information content (AvgIpc) is 3.19. The molecule has 1 aromatic rings. The van der Waals surface area contributed by atoms with Crippen LogP contribution in [-0.4, -0.2) is 56.2 Å². The predicted molar refractivity (Wildman–Crippen MR) is 133 cm³/mol. The monoisotopic (exact) mass is 522 g/mol. The molecule has 1 aliphatic carbocycles. The molecule has 0 spiro atoms. The van der Waals surface area contributed by atoms with Crippen molar-refractivity contribution in [2.45, 2.75) is 89.7 Å². The fraction of sp³-hybridized carbons (Fsp3) is 0.680. The van der Waals surface area contributed by atoms with Crippen LogP contribution in [0, 0.1) is 21.4 Å². The predicted octanol–water partition coefficient (Wildman–Crippen LogP) is 2.30. The fourth-order valence-corrected chi connectivity index (χ4v) is 5.24. The molecule has 206 valence electrons. The van der Waals surface area contributed by atoms with E-state index in [4.69, 9.17) is 10.6 Å². The summed E-state index contributed by atoms with van der Waals surface area (Å²) in [5.41, 5.74) is 5.99. The number of primary amides is 1. The average molecular weight is 523 g/mol. The SMILES string of the molecule is NC(=O)C1(CCCCCC(=O)ON2C(O)CCC2O)CCC(CNc2ccc(CO)c([N+](=O)[O-])c2)CC1. The first kappa shape index (κ1) is 28.8. The summed E-state index contributed by atoms with van der Waals surface area (Å²) < 4.78 is 0. The smallest absolute Gasteiger partial charge is 0.325 e. The number of hydrogen-bond donors (Lipinski definition) is 5. The summed E-state index contributed by atoms with van der Waals surface area (Å²) in [6.45, 7) is 0.221. The molecule has 2 unspecified atom stereocenters. The molecule has 0 aromatic heterocycles. The summed E-state index contributed by atoms with van der Waals surface area (Å²) in [5.74, 6) is -0.505. The molecule has 37 heavy (non-hydrogen) atoms. The van der Waals surface area contributed by atoms with E-state index in [0.717, 1.165) is 30.7 Å². The summed E-state index contributed by atoms with van der Waals surface area (Å²) >= 11 is 0. The van der Waals surface area contributed by atoms with Gasteiger partial charge in [0, 0.05) is 30.1 Å². The maximum Gasteiger partial charge on any atom is 0.325 e. The molecule has 1 saturated heterocycles. The Balaban J connectivity index is 1.39. The quantitative estimate of drug-likeness (QED) is 0.146. The Morgan fingerprint density at radius 2 is 1.81 bits per heavy atom. The molecule has 2 aliphatic rings. The number of aliphatic hydroxyl groups excluding tert-OH is 3. The van der Waals surface area contributed by atoms with E-state index < -0.39 is 35.4 Å². The normalized spacial score (nSPS) is 26.1. The number of nitro benzene ring substituents is 1. The van der Waals surface area contributed by atoms with Gasteiger partial charge >= 0.3 is 5.97 Å². The molecule has 12 heteroatoms. The number of anilines is 1. The minimum atomic E-state index is -0.981. The van der Waals surface area contributed by atoms with Crippen LogP contribution >= 0.6 is 0 Å². The van der Waals surface area contributed by atoms with E-state index in [2.05, 4.69) is 5.32 Å². The second kappa shape index (κ2) is 13.1. The number of nitrogens with one attached hydrogen (secondary N) is 1. The van der Waals surface area contributed by atoms with Crippen molar-refractivity contribution in [3.8, 4) is 0 Å². The lowest BCUT2D eigenvalue weighted by atomic mass is 9.67. The number of nitro groups is 1. The zero-order valence-electron chi connectivity index (χ0n) is 21.0. The van der Waals surface area contributed by atoms with Crippen LogP contribution in [0.1, 0.15) is 76.2 Å². The highest BCUT2D eigenvalue weighted by atomic mass is 16.7. The van der Waals surface area contributed by atoms with Gasteiger partial charge in [-0.05, 0) is 69.4 Å². The van der Waals surface area contributed by atoms with E-state index in [9.17, 15) is 35.0 Å². The Morgan fingerprint density at radius 1 is 1.14 bits per heavy atom. The van der Waals surface area contributed by atoms with E-state index in [1.54, 1.807) is 6.07 Å². The third-order valence-electron chi connectivity index (χ3n) is 7.65. The van der Waals surface area contributed by atoms with E-state index in [1.807, 2.05) is 0 Å². The number of aliphatic hydroxyl groups is 3. The second-order valence-corrected chi connectivity index (χ2v) is 10.2. The van der Waals surface area contributed by atoms with Crippen LogP contribution in [0.25, 0.3) is 0 Å². The number of benzene rings is 1. The zero-order chi connectivity index (χ0) is 27.0. The Morgan fingerprint density at radius 3 is 2.41 bits per heavy atom. The number of nitrogens with two attached hydrogens (primary N) is 1. The lowest BCUT2D eigenvalue weighted by Gasteiger charge is -2.38. The van der Waals surface area contributed by atoms with Crippen LogP contribution in [0.15, 0.2) is 18.2 Å². The summed E-state index contributed by atoms with van der Waals surface area (Å²) in [7, 11) is 0. The Hall–Kier alpha value is -2.80. The van der Waals surface area contributed by atoms with Crippen molar-refractivity contribution in [1.29, 1.82) is 0 Å². The second-order valence-electron chi connectivity index (χ2n) is 10.2. The largest absolute Gasteiger partial charge is 0.391 e. The molecule has 2 atom stereocenters. The molecule has 0 radical (unpaired) electrons. The van der Waals surface area contributed by atoms with Crippen LogP contribution < -0.4 is 11.1 Å². The van der Waals surface area contributed by atoms with Gasteiger partial charge in [-0.3, -0.25) is 19.7 Å². The summed E-state index contributed by atoms with van der Waals surface area (Å²) in [4.78, 5) is 40.1. The molecule has 1 saturated carbocycles. The van der Waals surface area contributed by atoms with E-state index in [-0.39, 0.29) is 23.6 Å². The molecule has 1 amide bonds. The molecule has 12 nitrogen and oxygen atoms in total. The van der Waals surface area contributed by atoms with Crippen LogP contribution in [-0.2, 0) is 21.0 Å². The van der Waals surface area contributed by atoms with Crippen molar-refractivity contribution in [1.82, 2.24) is 5.06 Å².